The molecule has 4 nitrogen and oxygen atoms in total. The maximum atomic E-state index is 8.14. The quantitative estimate of drug-likeness (QED) is 0.673. The van der Waals surface area contributed by atoms with E-state index in [4.69, 9.17) is 10.1 Å². The third kappa shape index (κ3) is 4.54. The third-order valence-electron chi connectivity index (χ3n) is 4.44. The van der Waals surface area contributed by atoms with E-state index in [1.807, 2.05) is 23.2 Å². The maximum Gasteiger partial charge on any atom is 0.120 e. The van der Waals surface area contributed by atoms with Gasteiger partial charge in [0.25, 0.3) is 0 Å². The molecule has 0 unspecified atom stereocenters. The number of nitrogens with one attached hydrogen (secondary N) is 1. The van der Waals surface area contributed by atoms with E-state index >= 15 is 0 Å². The van der Waals surface area contributed by atoms with Gasteiger partial charge >= 0.3 is 0 Å². The molecule has 4 heteroatoms. The summed E-state index contributed by atoms with van der Waals surface area (Å²) in [4.78, 5) is 6.60. The minimum absolute atomic E-state index is 0.496. The van der Waals surface area contributed by atoms with Gasteiger partial charge in [0, 0.05) is 24.8 Å². The Bertz CT molecular complexity index is 727. The molecule has 1 N–H and O–H groups in total. The van der Waals surface area contributed by atoms with Crippen LogP contribution in [-0.2, 0) is 4.74 Å². The summed E-state index contributed by atoms with van der Waals surface area (Å²) < 4.78 is 5.32. The van der Waals surface area contributed by atoms with Gasteiger partial charge in [-0.3, -0.25) is 10.4 Å². The summed E-state index contributed by atoms with van der Waals surface area (Å²) in [6, 6.07) is 12.5. The van der Waals surface area contributed by atoms with Crippen LogP contribution in [0.15, 0.2) is 48.7 Å². The second-order valence-corrected chi connectivity index (χ2v) is 6.57. The number of benzene rings is 1. The van der Waals surface area contributed by atoms with E-state index in [1.54, 1.807) is 0 Å². The number of aromatic nitrogens is 1. The first-order chi connectivity index (χ1) is 12.1. The first-order valence-corrected chi connectivity index (χ1v) is 8.79. The summed E-state index contributed by atoms with van der Waals surface area (Å²) in [6.45, 7) is 7.33. The van der Waals surface area contributed by atoms with Crippen LogP contribution in [0.2, 0.25) is 0 Å². The normalized spacial score (nSPS) is 15.1. The molecule has 0 amide bonds. The van der Waals surface area contributed by atoms with Crippen LogP contribution in [-0.4, -0.2) is 42.0 Å². The van der Waals surface area contributed by atoms with E-state index in [2.05, 4.69) is 55.2 Å². The van der Waals surface area contributed by atoms with Crippen molar-refractivity contribution in [2.24, 2.45) is 0 Å². The molecule has 25 heavy (non-hydrogen) atoms. The lowest BCUT2D eigenvalue weighted by Crippen LogP contribution is -2.39. The first kappa shape index (κ1) is 17.4. The average Bonchev–Trinajstić information content (AvgIpc) is 2.67. The van der Waals surface area contributed by atoms with Crippen molar-refractivity contribution < 1.29 is 4.74 Å². The van der Waals surface area contributed by atoms with Gasteiger partial charge in [-0.2, -0.15) is 0 Å². The Balaban J connectivity index is 1.65. The van der Waals surface area contributed by atoms with Gasteiger partial charge in [-0.05, 0) is 29.2 Å². The molecule has 1 aromatic heterocycles. The summed E-state index contributed by atoms with van der Waals surface area (Å²) in [6.07, 6.45) is 5.80. The van der Waals surface area contributed by atoms with Crippen molar-refractivity contribution in [1.82, 2.24) is 9.88 Å². The molecular weight excluding hydrogens is 310 g/mol. The molecule has 1 fully saturated rings. The second-order valence-electron chi connectivity index (χ2n) is 6.57. The van der Waals surface area contributed by atoms with Crippen LogP contribution in [0, 0.1) is 5.41 Å². The van der Waals surface area contributed by atoms with Crippen LogP contribution in [0.5, 0.6) is 0 Å². The van der Waals surface area contributed by atoms with Gasteiger partial charge in [0.2, 0.25) is 0 Å². The van der Waals surface area contributed by atoms with Crippen molar-refractivity contribution in [2.45, 2.75) is 19.8 Å². The van der Waals surface area contributed by atoms with E-state index in [0.717, 1.165) is 29.9 Å². The number of rotatable bonds is 4. The molecule has 130 valence electrons. The lowest BCUT2D eigenvalue weighted by molar-refractivity contribution is 0.0681. The largest absolute Gasteiger partial charge is 0.378 e. The standard InChI is InChI=1S/C21H25N3O/c1-16(2)19-8-9-20(23-15-19)18-6-3-17(4-7-18)5-10-21(22)24-11-13-25-14-12-24/h3-10,15-16,22H,11-14H2,1-2H3/b10-5+,22-21?. The molecule has 0 atom stereocenters. The van der Waals surface area contributed by atoms with Crippen LogP contribution >= 0.6 is 0 Å². The number of morpholine rings is 1. The Morgan fingerprint density at radius 3 is 2.44 bits per heavy atom. The molecule has 2 heterocycles. The maximum absolute atomic E-state index is 8.14. The highest BCUT2D eigenvalue weighted by Crippen LogP contribution is 2.20. The summed E-state index contributed by atoms with van der Waals surface area (Å²) in [5.41, 5.74) is 4.43. The Morgan fingerprint density at radius 1 is 1.12 bits per heavy atom. The summed E-state index contributed by atoms with van der Waals surface area (Å²) in [5, 5.41) is 8.14. The van der Waals surface area contributed by atoms with Crippen LogP contribution < -0.4 is 0 Å². The topological polar surface area (TPSA) is 49.2 Å². The van der Waals surface area contributed by atoms with Crippen LogP contribution in [0.1, 0.15) is 30.9 Å². The smallest absolute Gasteiger partial charge is 0.120 e. The van der Waals surface area contributed by atoms with E-state index in [9.17, 15) is 0 Å². The van der Waals surface area contributed by atoms with Gasteiger partial charge in [0.05, 0.1) is 18.9 Å². The fourth-order valence-corrected chi connectivity index (χ4v) is 2.77. The van der Waals surface area contributed by atoms with Gasteiger partial charge in [-0.15, -0.1) is 0 Å². The van der Waals surface area contributed by atoms with Crippen molar-refractivity contribution in [1.29, 1.82) is 5.41 Å². The van der Waals surface area contributed by atoms with Crippen molar-refractivity contribution in [3.63, 3.8) is 0 Å². The van der Waals surface area contributed by atoms with Crippen molar-refractivity contribution >= 4 is 11.9 Å². The average molecular weight is 335 g/mol. The lowest BCUT2D eigenvalue weighted by atomic mass is 10.0. The number of nitrogens with zero attached hydrogens (tertiary/aromatic N) is 2. The molecule has 1 aliphatic heterocycles. The fourth-order valence-electron chi connectivity index (χ4n) is 2.77. The molecule has 0 spiro atoms. The molecule has 1 saturated heterocycles. The highest BCUT2D eigenvalue weighted by molar-refractivity contribution is 5.94. The first-order valence-electron chi connectivity index (χ1n) is 8.79. The van der Waals surface area contributed by atoms with Crippen LogP contribution in [0.4, 0.5) is 0 Å². The molecule has 2 aromatic rings. The highest BCUT2D eigenvalue weighted by Gasteiger charge is 2.11. The van der Waals surface area contributed by atoms with Gasteiger partial charge < -0.3 is 9.64 Å². The summed E-state index contributed by atoms with van der Waals surface area (Å²) >= 11 is 0. The van der Waals surface area contributed by atoms with Gasteiger partial charge in [-0.25, -0.2) is 0 Å². The predicted octanol–water partition coefficient (Wildman–Crippen LogP) is 4.19. The Hall–Kier alpha value is -2.46. The molecule has 1 aliphatic rings. The van der Waals surface area contributed by atoms with Gasteiger partial charge in [0.15, 0.2) is 0 Å². The molecule has 0 radical (unpaired) electrons. The Morgan fingerprint density at radius 2 is 1.84 bits per heavy atom. The molecular formula is C21H25N3O. The van der Waals surface area contributed by atoms with E-state index in [-0.39, 0.29) is 0 Å². The second kappa shape index (κ2) is 8.08. The van der Waals surface area contributed by atoms with Gasteiger partial charge in [0.1, 0.15) is 5.84 Å². The minimum atomic E-state index is 0.496. The molecule has 0 aliphatic carbocycles. The summed E-state index contributed by atoms with van der Waals surface area (Å²) in [5.74, 6) is 1.04. The van der Waals surface area contributed by atoms with Crippen LogP contribution in [0.25, 0.3) is 17.3 Å². The fraction of sp³-hybridized carbons (Fsp3) is 0.333. The molecule has 0 saturated carbocycles. The third-order valence-corrected chi connectivity index (χ3v) is 4.44. The lowest BCUT2D eigenvalue weighted by Gasteiger charge is -2.27. The number of ether oxygens (including phenoxy) is 1. The Labute approximate surface area is 149 Å². The number of hydrogen-bond acceptors (Lipinski definition) is 3. The number of hydrogen-bond donors (Lipinski definition) is 1. The zero-order chi connectivity index (χ0) is 17.6. The van der Waals surface area contributed by atoms with E-state index in [1.165, 1.54) is 5.56 Å². The highest BCUT2D eigenvalue weighted by atomic mass is 16.5. The molecule has 0 bridgehead atoms. The Kier molecular flexibility index (Phi) is 5.61. The number of amidine groups is 1. The number of pyridine rings is 1. The van der Waals surface area contributed by atoms with Crippen LogP contribution in [0.3, 0.4) is 0 Å². The summed E-state index contributed by atoms with van der Waals surface area (Å²) in [7, 11) is 0. The van der Waals surface area contributed by atoms with Crippen molar-refractivity contribution in [3.8, 4) is 11.3 Å². The SMILES string of the molecule is CC(C)c1ccc(-c2ccc(/C=C/C(=N)N3CCOCC3)cc2)nc1. The predicted molar refractivity (Wildman–Crippen MR) is 103 cm³/mol. The zero-order valence-electron chi connectivity index (χ0n) is 14.9. The molecule has 1 aromatic carbocycles. The monoisotopic (exact) mass is 335 g/mol. The zero-order valence-corrected chi connectivity index (χ0v) is 14.9. The van der Waals surface area contributed by atoms with Crippen molar-refractivity contribution in [2.75, 3.05) is 26.3 Å². The van der Waals surface area contributed by atoms with Gasteiger partial charge in [-0.1, -0.05) is 50.3 Å². The van der Waals surface area contributed by atoms with E-state index in [0.29, 0.717) is 25.0 Å². The van der Waals surface area contributed by atoms with E-state index < -0.39 is 0 Å². The van der Waals surface area contributed by atoms with Crippen molar-refractivity contribution in [3.05, 3.63) is 59.8 Å². The minimum Gasteiger partial charge on any atom is -0.378 e. The molecule has 3 rings (SSSR count).